The number of benzene rings is 1. The smallest absolute Gasteiger partial charge is 0.418 e. The Morgan fingerprint density at radius 2 is 1.89 bits per heavy atom. The van der Waals surface area contributed by atoms with Gasteiger partial charge in [0.1, 0.15) is 11.4 Å². The molecule has 0 fully saturated rings. The fraction of sp³-hybridized carbons (Fsp3) is 0.125. The molecule has 0 bridgehead atoms. The zero-order valence-electron chi connectivity index (χ0n) is 13.5. The minimum Gasteiger partial charge on any atom is -0.450 e. The molecule has 0 radical (unpaired) electrons. The molecule has 2 amide bonds. The molecule has 0 aliphatic carbocycles. The summed E-state index contributed by atoms with van der Waals surface area (Å²) >= 11 is 0. The monoisotopic (exact) mass is 386 g/mol. The molecule has 0 saturated heterocycles. The van der Waals surface area contributed by atoms with Crippen molar-refractivity contribution in [3.63, 3.8) is 0 Å². The Morgan fingerprint density at radius 3 is 2.48 bits per heavy atom. The van der Waals surface area contributed by atoms with Crippen molar-refractivity contribution >= 4 is 22.8 Å². The van der Waals surface area contributed by atoms with E-state index in [1.807, 2.05) is 0 Å². The summed E-state index contributed by atoms with van der Waals surface area (Å²) in [6.45, 7) is 0. The molecule has 3 aromatic rings. The number of halogens is 5. The first-order chi connectivity index (χ1) is 12.7. The Morgan fingerprint density at radius 1 is 1.22 bits per heavy atom. The van der Waals surface area contributed by atoms with Crippen molar-refractivity contribution < 1.29 is 31.5 Å². The number of H-pyrrole nitrogens is 1. The Labute approximate surface area is 148 Å². The normalized spacial score (nSPS) is 11.5. The molecule has 0 spiro atoms. The number of rotatable bonds is 3. The molecule has 0 aliphatic rings. The fourth-order valence-corrected chi connectivity index (χ4v) is 2.37. The fourth-order valence-electron chi connectivity index (χ4n) is 2.37. The number of urea groups is 1. The molecule has 27 heavy (non-hydrogen) atoms. The second-order valence-corrected chi connectivity index (χ2v) is 5.31. The number of pyridine rings is 1. The van der Waals surface area contributed by atoms with Gasteiger partial charge in [0.25, 0.3) is 0 Å². The van der Waals surface area contributed by atoms with Gasteiger partial charge in [-0.1, -0.05) is 0 Å². The molecular formula is C16H11F5N4O2. The first kappa shape index (κ1) is 18.4. The third-order valence-electron chi connectivity index (χ3n) is 3.54. The number of carbonyl (C=O) groups is 1. The van der Waals surface area contributed by atoms with Gasteiger partial charge < -0.3 is 20.4 Å². The molecule has 1 aromatic carbocycles. The highest BCUT2D eigenvalue weighted by Crippen LogP contribution is 2.40. The molecule has 2 aromatic heterocycles. The number of hydrogen-bond acceptors (Lipinski definition) is 3. The number of alkyl halides is 3. The number of ether oxygens (including phenoxy) is 1. The van der Waals surface area contributed by atoms with Crippen LogP contribution in [-0.2, 0) is 6.18 Å². The second-order valence-electron chi connectivity index (χ2n) is 5.31. The Hall–Kier alpha value is -3.37. The number of nitrogens with zero attached hydrogens (tertiary/aromatic N) is 1. The second kappa shape index (κ2) is 6.74. The summed E-state index contributed by atoms with van der Waals surface area (Å²) in [5, 5.41) is 3.91. The number of aromatic amines is 1. The van der Waals surface area contributed by atoms with E-state index in [9.17, 15) is 26.7 Å². The van der Waals surface area contributed by atoms with Crippen LogP contribution in [0.15, 0.2) is 30.6 Å². The Kier molecular flexibility index (Phi) is 4.60. The number of hydrogen-bond donors (Lipinski definition) is 3. The Balaban J connectivity index is 2.03. The molecule has 6 nitrogen and oxygen atoms in total. The molecule has 3 rings (SSSR count). The average molecular weight is 386 g/mol. The third-order valence-corrected chi connectivity index (χ3v) is 3.54. The predicted molar refractivity (Wildman–Crippen MR) is 85.6 cm³/mol. The van der Waals surface area contributed by atoms with Gasteiger partial charge in [-0.15, -0.1) is 0 Å². The van der Waals surface area contributed by atoms with Crippen molar-refractivity contribution in [3.8, 4) is 11.5 Å². The zero-order valence-corrected chi connectivity index (χ0v) is 13.5. The van der Waals surface area contributed by atoms with Gasteiger partial charge in [-0.3, -0.25) is 0 Å². The van der Waals surface area contributed by atoms with Crippen LogP contribution in [0.4, 0.5) is 32.4 Å². The minimum absolute atomic E-state index is 0.154. The van der Waals surface area contributed by atoms with E-state index in [4.69, 9.17) is 4.74 Å². The van der Waals surface area contributed by atoms with Crippen LogP contribution in [0.2, 0.25) is 0 Å². The van der Waals surface area contributed by atoms with Crippen LogP contribution in [0.1, 0.15) is 5.56 Å². The van der Waals surface area contributed by atoms with Crippen LogP contribution in [0.25, 0.3) is 11.0 Å². The lowest BCUT2D eigenvalue weighted by molar-refractivity contribution is -0.136. The number of anilines is 1. The third kappa shape index (κ3) is 3.61. The quantitative estimate of drug-likeness (QED) is 0.584. The number of carbonyl (C=O) groups excluding carboxylic acids is 1. The first-order valence-electron chi connectivity index (χ1n) is 7.39. The lowest BCUT2D eigenvalue weighted by Gasteiger charge is -2.12. The van der Waals surface area contributed by atoms with Crippen LogP contribution in [-0.4, -0.2) is 23.0 Å². The maximum Gasteiger partial charge on any atom is 0.418 e. The number of nitrogens with one attached hydrogen (secondary N) is 3. The van der Waals surface area contributed by atoms with Gasteiger partial charge in [-0.25, -0.2) is 18.6 Å². The molecule has 11 heteroatoms. The van der Waals surface area contributed by atoms with Crippen molar-refractivity contribution in [2.75, 3.05) is 12.4 Å². The molecule has 3 N–H and O–H groups in total. The van der Waals surface area contributed by atoms with Crippen LogP contribution in [0.3, 0.4) is 0 Å². The molecule has 0 atom stereocenters. The topological polar surface area (TPSA) is 79.0 Å². The predicted octanol–water partition coefficient (Wildman–Crippen LogP) is 4.40. The van der Waals surface area contributed by atoms with Gasteiger partial charge in [-0.2, -0.15) is 13.2 Å². The van der Waals surface area contributed by atoms with E-state index in [1.54, 1.807) is 0 Å². The van der Waals surface area contributed by atoms with Gasteiger partial charge in [-0.05, 0) is 6.07 Å². The van der Waals surface area contributed by atoms with Gasteiger partial charge in [0, 0.05) is 37.3 Å². The molecule has 0 unspecified atom stereocenters. The molecule has 142 valence electrons. The molecule has 0 saturated carbocycles. The van der Waals surface area contributed by atoms with E-state index in [0.29, 0.717) is 6.20 Å². The first-order valence-corrected chi connectivity index (χ1v) is 7.39. The summed E-state index contributed by atoms with van der Waals surface area (Å²) in [5.41, 5.74) is -1.44. The van der Waals surface area contributed by atoms with Crippen molar-refractivity contribution in [2.24, 2.45) is 0 Å². The Bertz CT molecular complexity index is 993. The van der Waals surface area contributed by atoms with E-state index in [-0.39, 0.29) is 11.3 Å². The molecule has 0 aliphatic heterocycles. The van der Waals surface area contributed by atoms with E-state index < -0.39 is 46.3 Å². The minimum atomic E-state index is -4.72. The summed E-state index contributed by atoms with van der Waals surface area (Å²) in [4.78, 5) is 17.3. The highest BCUT2D eigenvalue weighted by molar-refractivity contribution is 5.89. The molecule has 2 heterocycles. The number of fused-ring (bicyclic) bond motifs is 1. The lowest BCUT2D eigenvalue weighted by atomic mass is 10.2. The van der Waals surface area contributed by atoms with Crippen LogP contribution in [0, 0.1) is 11.6 Å². The van der Waals surface area contributed by atoms with E-state index in [1.165, 1.54) is 7.05 Å². The van der Waals surface area contributed by atoms with Gasteiger partial charge >= 0.3 is 12.2 Å². The standard InChI is InChI=1S/C16H11F5N4O2/c1-22-15(26)25-7-4-9(17)13(10(18)5-7)27-11-2-3-23-14-12(11)8(6-24-14)16(19,20)21/h2-6H,1H3,(H,23,24)(H2,22,25,26). The summed E-state index contributed by atoms with van der Waals surface area (Å²) in [7, 11) is 1.31. The van der Waals surface area contributed by atoms with Crippen LogP contribution >= 0.6 is 0 Å². The summed E-state index contributed by atoms with van der Waals surface area (Å²) in [6, 6.07) is 1.89. The van der Waals surface area contributed by atoms with Crippen molar-refractivity contribution in [3.05, 3.63) is 47.8 Å². The zero-order chi connectivity index (χ0) is 19.8. The lowest BCUT2D eigenvalue weighted by Crippen LogP contribution is -2.24. The van der Waals surface area contributed by atoms with Crippen LogP contribution in [0.5, 0.6) is 11.5 Å². The summed E-state index contributed by atoms with van der Waals surface area (Å²) in [5.74, 6) is -3.77. The van der Waals surface area contributed by atoms with Gasteiger partial charge in [0.2, 0.25) is 0 Å². The van der Waals surface area contributed by atoms with Crippen molar-refractivity contribution in [2.45, 2.75) is 6.18 Å². The van der Waals surface area contributed by atoms with E-state index in [0.717, 1.165) is 24.4 Å². The average Bonchev–Trinajstić information content (AvgIpc) is 3.03. The summed E-state index contributed by atoms with van der Waals surface area (Å²) < 4.78 is 73.0. The molecular weight excluding hydrogens is 375 g/mol. The van der Waals surface area contributed by atoms with Crippen molar-refractivity contribution in [1.82, 2.24) is 15.3 Å². The highest BCUT2D eigenvalue weighted by Gasteiger charge is 2.35. The maximum atomic E-state index is 14.2. The summed E-state index contributed by atoms with van der Waals surface area (Å²) in [6.07, 6.45) is -2.91. The van der Waals surface area contributed by atoms with Gasteiger partial charge in [0.15, 0.2) is 17.4 Å². The number of aromatic nitrogens is 2. The largest absolute Gasteiger partial charge is 0.450 e. The van der Waals surface area contributed by atoms with Crippen molar-refractivity contribution in [1.29, 1.82) is 0 Å². The number of amides is 2. The van der Waals surface area contributed by atoms with Crippen LogP contribution < -0.4 is 15.4 Å². The maximum absolute atomic E-state index is 14.2. The van der Waals surface area contributed by atoms with E-state index in [2.05, 4.69) is 20.6 Å². The highest BCUT2D eigenvalue weighted by atomic mass is 19.4. The van der Waals surface area contributed by atoms with Gasteiger partial charge in [0.05, 0.1) is 10.9 Å². The van der Waals surface area contributed by atoms with E-state index >= 15 is 0 Å². The SMILES string of the molecule is CNC(=O)Nc1cc(F)c(Oc2ccnc3[nH]cc(C(F)(F)F)c23)c(F)c1.